The Balaban J connectivity index is 1.92. The summed E-state index contributed by atoms with van der Waals surface area (Å²) in [5.74, 6) is -0.277. The normalized spacial score (nSPS) is 18.1. The summed E-state index contributed by atoms with van der Waals surface area (Å²) in [4.78, 5) is 29.4. The van der Waals surface area contributed by atoms with E-state index in [1.54, 1.807) is 13.8 Å². The molecule has 0 aromatic carbocycles. The quantitative estimate of drug-likeness (QED) is 0.822. The summed E-state index contributed by atoms with van der Waals surface area (Å²) in [6, 6.07) is 5.34. The molecule has 3 heterocycles. The fourth-order valence-electron chi connectivity index (χ4n) is 2.19. The number of hydrogen-bond donors (Lipinski definition) is 1. The van der Waals surface area contributed by atoms with E-state index >= 15 is 0 Å². The van der Waals surface area contributed by atoms with E-state index in [0.717, 1.165) is 11.3 Å². The van der Waals surface area contributed by atoms with E-state index in [1.165, 1.54) is 4.90 Å². The maximum Gasteiger partial charge on any atom is 0.325 e. The maximum atomic E-state index is 11.8. The molecule has 1 aliphatic heterocycles. The highest BCUT2D eigenvalue weighted by molar-refractivity contribution is 6.06. The van der Waals surface area contributed by atoms with E-state index in [2.05, 4.69) is 10.3 Å². The molecule has 3 amide bonds. The van der Waals surface area contributed by atoms with Crippen molar-refractivity contribution in [2.75, 3.05) is 0 Å². The molecule has 98 valence electrons. The Morgan fingerprint density at radius 2 is 2.11 bits per heavy atom. The summed E-state index contributed by atoms with van der Waals surface area (Å²) in [5, 5.41) is 2.32. The van der Waals surface area contributed by atoms with Gasteiger partial charge in [-0.25, -0.2) is 9.78 Å². The Labute approximate surface area is 110 Å². The van der Waals surface area contributed by atoms with Crippen molar-refractivity contribution < 1.29 is 9.59 Å². The third-order valence-electron chi connectivity index (χ3n) is 3.43. The van der Waals surface area contributed by atoms with E-state index in [9.17, 15) is 9.59 Å². The zero-order valence-electron chi connectivity index (χ0n) is 10.8. The van der Waals surface area contributed by atoms with Gasteiger partial charge in [-0.3, -0.25) is 10.1 Å². The lowest BCUT2D eigenvalue weighted by Gasteiger charge is -2.26. The highest BCUT2D eigenvalue weighted by Crippen LogP contribution is 2.23. The number of imide groups is 1. The highest BCUT2D eigenvalue weighted by Gasteiger charge is 2.45. The van der Waals surface area contributed by atoms with Gasteiger partial charge in [-0.15, -0.1) is 0 Å². The third kappa shape index (κ3) is 1.76. The fourth-order valence-corrected chi connectivity index (χ4v) is 2.19. The Hall–Kier alpha value is -2.37. The SMILES string of the molecule is CC1(C)C(=O)NC(=O)N1Cc1cn2ccccc2n1. The number of amides is 3. The summed E-state index contributed by atoms with van der Waals surface area (Å²) in [7, 11) is 0. The number of aromatic nitrogens is 2. The van der Waals surface area contributed by atoms with Gasteiger partial charge in [0.15, 0.2) is 0 Å². The summed E-state index contributed by atoms with van der Waals surface area (Å²) >= 11 is 0. The third-order valence-corrected chi connectivity index (χ3v) is 3.43. The number of urea groups is 1. The second-order valence-corrected chi connectivity index (χ2v) is 5.10. The molecule has 0 bridgehead atoms. The van der Waals surface area contributed by atoms with Crippen LogP contribution in [0.1, 0.15) is 19.5 Å². The minimum atomic E-state index is -0.840. The van der Waals surface area contributed by atoms with Gasteiger partial charge in [-0.05, 0) is 26.0 Å². The fraction of sp³-hybridized carbons (Fsp3) is 0.308. The van der Waals surface area contributed by atoms with Gasteiger partial charge < -0.3 is 9.30 Å². The molecule has 0 aliphatic carbocycles. The lowest BCUT2D eigenvalue weighted by Crippen LogP contribution is -2.43. The largest absolute Gasteiger partial charge is 0.325 e. The van der Waals surface area contributed by atoms with Gasteiger partial charge >= 0.3 is 6.03 Å². The molecule has 19 heavy (non-hydrogen) atoms. The first-order chi connectivity index (χ1) is 8.98. The molecule has 0 radical (unpaired) electrons. The van der Waals surface area contributed by atoms with Crippen LogP contribution < -0.4 is 5.32 Å². The molecule has 3 rings (SSSR count). The Morgan fingerprint density at radius 1 is 1.32 bits per heavy atom. The summed E-state index contributed by atoms with van der Waals surface area (Å²) in [5.41, 5.74) is 0.734. The molecule has 6 nitrogen and oxygen atoms in total. The van der Waals surface area contributed by atoms with Crippen molar-refractivity contribution in [3.05, 3.63) is 36.3 Å². The summed E-state index contributed by atoms with van der Waals surface area (Å²) < 4.78 is 1.89. The van der Waals surface area contributed by atoms with Crippen molar-refractivity contribution in [3.63, 3.8) is 0 Å². The number of nitrogens with one attached hydrogen (secondary N) is 1. The molecule has 0 spiro atoms. The standard InChI is InChI=1S/C13H14N4O2/c1-13(2)11(18)15-12(19)17(13)8-9-7-16-6-4-3-5-10(16)14-9/h3-7H,8H2,1-2H3,(H,15,18,19). The first-order valence-electron chi connectivity index (χ1n) is 6.04. The Kier molecular flexibility index (Phi) is 2.35. The zero-order valence-corrected chi connectivity index (χ0v) is 10.8. The van der Waals surface area contributed by atoms with Crippen LogP contribution in [0.15, 0.2) is 30.6 Å². The number of pyridine rings is 1. The number of fused-ring (bicyclic) bond motifs is 1. The van der Waals surface area contributed by atoms with Crippen molar-refractivity contribution in [2.24, 2.45) is 0 Å². The molecular formula is C13H14N4O2. The molecule has 2 aromatic rings. The lowest BCUT2D eigenvalue weighted by atomic mass is 10.0. The first kappa shape index (κ1) is 11.7. The number of nitrogens with zero attached hydrogens (tertiary/aromatic N) is 3. The van der Waals surface area contributed by atoms with Crippen LogP contribution in [0.3, 0.4) is 0 Å². The van der Waals surface area contributed by atoms with Gasteiger partial charge in [0, 0.05) is 12.4 Å². The van der Waals surface area contributed by atoms with Crippen LogP contribution in [-0.2, 0) is 11.3 Å². The van der Waals surface area contributed by atoms with E-state index < -0.39 is 5.54 Å². The molecule has 1 saturated heterocycles. The Morgan fingerprint density at radius 3 is 2.74 bits per heavy atom. The highest BCUT2D eigenvalue weighted by atomic mass is 16.2. The van der Waals surface area contributed by atoms with Crippen molar-refractivity contribution in [2.45, 2.75) is 25.9 Å². The van der Waals surface area contributed by atoms with Crippen LogP contribution in [0.25, 0.3) is 5.65 Å². The molecule has 1 fully saturated rings. The van der Waals surface area contributed by atoms with Crippen LogP contribution >= 0.6 is 0 Å². The Bertz CT molecular complexity index is 641. The number of hydrogen-bond acceptors (Lipinski definition) is 3. The van der Waals surface area contributed by atoms with Gasteiger partial charge in [0.25, 0.3) is 5.91 Å². The molecule has 0 unspecified atom stereocenters. The average Bonchev–Trinajstić information content (AvgIpc) is 2.84. The smallest absolute Gasteiger partial charge is 0.307 e. The molecule has 0 atom stereocenters. The van der Waals surface area contributed by atoms with Crippen molar-refractivity contribution in [3.8, 4) is 0 Å². The van der Waals surface area contributed by atoms with Gasteiger partial charge in [-0.1, -0.05) is 6.07 Å². The maximum absolute atomic E-state index is 11.8. The van der Waals surface area contributed by atoms with E-state index in [0.29, 0.717) is 6.54 Å². The van der Waals surface area contributed by atoms with Gasteiger partial charge in [0.05, 0.1) is 12.2 Å². The minimum Gasteiger partial charge on any atom is -0.307 e. The van der Waals surface area contributed by atoms with E-state index in [-0.39, 0.29) is 11.9 Å². The molecule has 0 saturated carbocycles. The monoisotopic (exact) mass is 258 g/mol. The molecule has 6 heteroatoms. The first-order valence-corrected chi connectivity index (χ1v) is 6.04. The lowest BCUT2D eigenvalue weighted by molar-refractivity contribution is -0.125. The van der Waals surface area contributed by atoms with Crippen LogP contribution in [-0.4, -0.2) is 31.8 Å². The van der Waals surface area contributed by atoms with Gasteiger partial charge in [-0.2, -0.15) is 0 Å². The zero-order chi connectivity index (χ0) is 13.6. The second kappa shape index (κ2) is 3.81. The van der Waals surface area contributed by atoms with Crippen molar-refractivity contribution >= 4 is 17.6 Å². The summed E-state index contributed by atoms with van der Waals surface area (Å²) in [6.45, 7) is 3.76. The topological polar surface area (TPSA) is 66.7 Å². The van der Waals surface area contributed by atoms with E-state index in [4.69, 9.17) is 0 Å². The van der Waals surface area contributed by atoms with Crippen molar-refractivity contribution in [1.82, 2.24) is 19.6 Å². The number of carbonyl (C=O) groups is 2. The summed E-state index contributed by atoms with van der Waals surface area (Å²) in [6.07, 6.45) is 3.76. The van der Waals surface area contributed by atoms with E-state index in [1.807, 2.05) is 35.0 Å². The van der Waals surface area contributed by atoms with Gasteiger partial charge in [0.1, 0.15) is 11.2 Å². The van der Waals surface area contributed by atoms with Crippen molar-refractivity contribution in [1.29, 1.82) is 0 Å². The molecule has 1 aliphatic rings. The number of imidazole rings is 1. The van der Waals surface area contributed by atoms with Crippen LogP contribution in [0.4, 0.5) is 4.79 Å². The molecular weight excluding hydrogens is 244 g/mol. The predicted octanol–water partition coefficient (Wildman–Crippen LogP) is 1.16. The van der Waals surface area contributed by atoms with Crippen LogP contribution in [0.2, 0.25) is 0 Å². The number of carbonyl (C=O) groups excluding carboxylic acids is 2. The predicted molar refractivity (Wildman–Crippen MR) is 68.4 cm³/mol. The second-order valence-electron chi connectivity index (χ2n) is 5.10. The van der Waals surface area contributed by atoms with Gasteiger partial charge in [0.2, 0.25) is 0 Å². The van der Waals surface area contributed by atoms with Crippen LogP contribution in [0.5, 0.6) is 0 Å². The average molecular weight is 258 g/mol. The molecule has 2 aromatic heterocycles. The number of rotatable bonds is 2. The molecule has 1 N–H and O–H groups in total. The van der Waals surface area contributed by atoms with Crippen LogP contribution in [0, 0.1) is 0 Å². The minimum absolute atomic E-state index is 0.277.